The van der Waals surface area contributed by atoms with Crippen LogP contribution in [-0.4, -0.2) is 14.2 Å². The van der Waals surface area contributed by atoms with E-state index in [1.807, 2.05) is 13.8 Å². The largest absolute Gasteiger partial charge is 0.224 e. The van der Waals surface area contributed by atoms with Gasteiger partial charge in [-0.05, 0) is 12.3 Å². The smallest absolute Gasteiger partial charge is 0.171 e. The molecule has 60 valence electrons. The first-order valence-corrected chi connectivity index (χ1v) is 5.04. The van der Waals surface area contributed by atoms with Crippen molar-refractivity contribution in [3.8, 4) is 0 Å². The molecule has 0 aliphatic heterocycles. The molecule has 0 fully saturated rings. The molecule has 0 unspecified atom stereocenters. The zero-order valence-electron chi connectivity index (χ0n) is 6.50. The van der Waals surface area contributed by atoms with Crippen molar-refractivity contribution in [2.24, 2.45) is 5.92 Å². The lowest BCUT2D eigenvalue weighted by Crippen LogP contribution is -2.04. The van der Waals surface area contributed by atoms with Gasteiger partial charge in [0, 0.05) is 5.41 Å². The minimum atomic E-state index is -2.95. The molecule has 0 rings (SSSR count). The van der Waals surface area contributed by atoms with Crippen LogP contribution in [0.3, 0.4) is 0 Å². The third-order valence-corrected chi connectivity index (χ3v) is 2.55. The van der Waals surface area contributed by atoms with Crippen molar-refractivity contribution >= 4 is 9.84 Å². The number of sulfone groups is 1. The molecule has 0 heterocycles. The summed E-state index contributed by atoms with van der Waals surface area (Å²) in [6, 6.07) is 0. The molecule has 0 amide bonds. The highest BCUT2D eigenvalue weighted by atomic mass is 32.2. The number of hydrogen-bond acceptors (Lipinski definition) is 2. The highest BCUT2D eigenvalue weighted by molar-refractivity contribution is 7.94. The number of hydrogen-bond donors (Lipinski definition) is 0. The van der Waals surface area contributed by atoms with E-state index in [0.29, 0.717) is 12.3 Å². The van der Waals surface area contributed by atoms with Gasteiger partial charge < -0.3 is 0 Å². The predicted octanol–water partition coefficient (Wildman–Crippen LogP) is 1.59. The molecule has 10 heavy (non-hydrogen) atoms. The first kappa shape index (κ1) is 9.69. The van der Waals surface area contributed by atoms with Crippen molar-refractivity contribution in [3.63, 3.8) is 0 Å². The van der Waals surface area contributed by atoms with E-state index < -0.39 is 9.84 Å². The van der Waals surface area contributed by atoms with Crippen molar-refractivity contribution in [1.29, 1.82) is 0 Å². The molecule has 0 aromatic heterocycles. The van der Waals surface area contributed by atoms with Crippen LogP contribution in [0.2, 0.25) is 0 Å². The van der Waals surface area contributed by atoms with Gasteiger partial charge in [0.25, 0.3) is 0 Å². The van der Waals surface area contributed by atoms with Gasteiger partial charge in [-0.3, -0.25) is 0 Å². The fraction of sp³-hybridized carbons (Fsp3) is 0.714. The second kappa shape index (κ2) is 3.76. The lowest BCUT2D eigenvalue weighted by Gasteiger charge is -2.01. The molecule has 2 nitrogen and oxygen atoms in total. The van der Waals surface area contributed by atoms with Crippen LogP contribution in [0.4, 0.5) is 0 Å². The van der Waals surface area contributed by atoms with E-state index in [1.54, 1.807) is 0 Å². The number of rotatable bonds is 4. The highest BCUT2D eigenvalue weighted by Gasteiger charge is 2.05. The van der Waals surface area contributed by atoms with Gasteiger partial charge in [0.1, 0.15) is 0 Å². The van der Waals surface area contributed by atoms with Crippen LogP contribution in [0.25, 0.3) is 0 Å². The molecule has 0 spiro atoms. The minimum Gasteiger partial charge on any atom is -0.224 e. The van der Waals surface area contributed by atoms with Crippen LogP contribution >= 0.6 is 0 Å². The Morgan fingerprint density at radius 2 is 2.00 bits per heavy atom. The molecule has 0 N–H and O–H groups in total. The van der Waals surface area contributed by atoms with Crippen molar-refractivity contribution in [1.82, 2.24) is 0 Å². The molecular weight excluding hydrogens is 148 g/mol. The summed E-state index contributed by atoms with van der Waals surface area (Å²) in [6.07, 6.45) is 0.717. The molecule has 0 atom stereocenters. The average molecular weight is 162 g/mol. The maximum absolute atomic E-state index is 10.8. The predicted molar refractivity (Wildman–Crippen MR) is 43.4 cm³/mol. The summed E-state index contributed by atoms with van der Waals surface area (Å²) in [5.41, 5.74) is 0. The fourth-order valence-electron chi connectivity index (χ4n) is 0.483. The summed E-state index contributed by atoms with van der Waals surface area (Å²) in [6.45, 7) is 7.22. The average Bonchev–Trinajstić information content (AvgIpc) is 1.85. The Hall–Kier alpha value is -0.310. The van der Waals surface area contributed by atoms with Crippen LogP contribution in [0.5, 0.6) is 0 Å². The summed E-state index contributed by atoms with van der Waals surface area (Å²) >= 11 is 0. The van der Waals surface area contributed by atoms with Crippen LogP contribution in [0.15, 0.2) is 12.0 Å². The molecule has 3 heteroatoms. The lowest BCUT2D eigenvalue weighted by molar-refractivity contribution is 0.581. The first-order valence-electron chi connectivity index (χ1n) is 3.33. The second-order valence-corrected chi connectivity index (χ2v) is 4.78. The summed E-state index contributed by atoms with van der Waals surface area (Å²) < 4.78 is 21.6. The maximum Gasteiger partial charge on any atom is 0.171 e. The summed E-state index contributed by atoms with van der Waals surface area (Å²) in [4.78, 5) is 0. The van der Waals surface area contributed by atoms with Gasteiger partial charge >= 0.3 is 0 Å². The van der Waals surface area contributed by atoms with Crippen molar-refractivity contribution < 1.29 is 8.42 Å². The molecule has 0 saturated carbocycles. The Balaban J connectivity index is 3.81. The molecule has 0 aliphatic carbocycles. The summed E-state index contributed by atoms with van der Waals surface area (Å²) in [5.74, 6) is 0.670. The van der Waals surface area contributed by atoms with Crippen LogP contribution in [0.1, 0.15) is 20.3 Å². The standard InChI is InChI=1S/C7H14O2S/c1-4-10(8,9)6-5-7(2)3/h4,7H,1,5-6H2,2-3H3. The Morgan fingerprint density at radius 1 is 1.50 bits per heavy atom. The Bertz CT molecular complexity index is 190. The Morgan fingerprint density at radius 3 is 2.30 bits per heavy atom. The molecule has 0 bridgehead atoms. The lowest BCUT2D eigenvalue weighted by atomic mass is 10.2. The first-order chi connectivity index (χ1) is 4.48. The zero-order valence-corrected chi connectivity index (χ0v) is 7.32. The third-order valence-electron chi connectivity index (χ3n) is 1.23. The van der Waals surface area contributed by atoms with Gasteiger partial charge in [0.05, 0.1) is 5.75 Å². The van der Waals surface area contributed by atoms with E-state index in [2.05, 4.69) is 6.58 Å². The van der Waals surface area contributed by atoms with Crippen molar-refractivity contribution in [2.45, 2.75) is 20.3 Å². The van der Waals surface area contributed by atoms with Gasteiger partial charge in [-0.1, -0.05) is 20.4 Å². The molecule has 0 aromatic carbocycles. The Labute approximate surface area is 62.9 Å². The van der Waals surface area contributed by atoms with Gasteiger partial charge in [-0.15, -0.1) is 0 Å². The molecule has 0 saturated heterocycles. The minimum absolute atomic E-state index is 0.230. The van der Waals surface area contributed by atoms with Gasteiger partial charge in [0.2, 0.25) is 0 Å². The second-order valence-electron chi connectivity index (χ2n) is 2.72. The molecular formula is C7H14O2S. The SMILES string of the molecule is C=CS(=O)(=O)CCC(C)C. The van der Waals surface area contributed by atoms with Crippen LogP contribution < -0.4 is 0 Å². The van der Waals surface area contributed by atoms with E-state index in [4.69, 9.17) is 0 Å². The zero-order chi connectivity index (χ0) is 8.20. The van der Waals surface area contributed by atoms with E-state index in [-0.39, 0.29) is 5.75 Å². The molecule has 0 aliphatic rings. The summed E-state index contributed by atoms with van der Waals surface area (Å²) in [5, 5.41) is 1.02. The van der Waals surface area contributed by atoms with Gasteiger partial charge in [0.15, 0.2) is 9.84 Å². The Kier molecular flexibility index (Phi) is 3.64. The topological polar surface area (TPSA) is 34.1 Å². The highest BCUT2D eigenvalue weighted by Crippen LogP contribution is 2.03. The van der Waals surface area contributed by atoms with Gasteiger partial charge in [-0.2, -0.15) is 0 Å². The third kappa shape index (κ3) is 4.56. The van der Waals surface area contributed by atoms with Crippen molar-refractivity contribution in [2.75, 3.05) is 5.75 Å². The monoisotopic (exact) mass is 162 g/mol. The maximum atomic E-state index is 10.8. The van der Waals surface area contributed by atoms with E-state index in [0.717, 1.165) is 5.41 Å². The van der Waals surface area contributed by atoms with E-state index in [1.165, 1.54) is 0 Å². The fourth-order valence-corrected chi connectivity index (χ4v) is 1.45. The van der Waals surface area contributed by atoms with E-state index >= 15 is 0 Å². The molecule has 0 aromatic rings. The van der Waals surface area contributed by atoms with E-state index in [9.17, 15) is 8.42 Å². The van der Waals surface area contributed by atoms with Crippen LogP contribution in [-0.2, 0) is 9.84 Å². The quantitative estimate of drug-likeness (QED) is 0.629. The van der Waals surface area contributed by atoms with Gasteiger partial charge in [-0.25, -0.2) is 8.42 Å². The van der Waals surface area contributed by atoms with Crippen LogP contribution in [0, 0.1) is 5.92 Å². The molecule has 0 radical (unpaired) electrons. The summed E-state index contributed by atoms with van der Waals surface area (Å²) in [7, 11) is -2.95. The normalized spacial score (nSPS) is 11.9. The van der Waals surface area contributed by atoms with Crippen molar-refractivity contribution in [3.05, 3.63) is 12.0 Å².